The van der Waals surface area contributed by atoms with Crippen LogP contribution in [-0.4, -0.2) is 73.7 Å². The van der Waals surface area contributed by atoms with Crippen molar-refractivity contribution in [2.24, 2.45) is 10.9 Å². The fraction of sp³-hybridized carbons (Fsp3) is 0.440. The summed E-state index contributed by atoms with van der Waals surface area (Å²) in [5.74, 6) is 0.314. The Labute approximate surface area is 223 Å². The summed E-state index contributed by atoms with van der Waals surface area (Å²) < 4.78 is 30.5. The molecule has 0 bridgehead atoms. The van der Waals surface area contributed by atoms with Gasteiger partial charge in [0.05, 0.1) is 23.4 Å². The van der Waals surface area contributed by atoms with Crippen LogP contribution in [0.4, 0.5) is 10.9 Å². The Morgan fingerprint density at radius 2 is 1.95 bits per heavy atom. The second kappa shape index (κ2) is 10.2. The summed E-state index contributed by atoms with van der Waals surface area (Å²) in [6, 6.07) is 10.1. The summed E-state index contributed by atoms with van der Waals surface area (Å²) in [7, 11) is -3.34. The summed E-state index contributed by atoms with van der Waals surface area (Å²) in [6.45, 7) is 2.58. The molecule has 1 saturated carbocycles. The van der Waals surface area contributed by atoms with Gasteiger partial charge >= 0.3 is 0 Å². The Morgan fingerprint density at radius 1 is 1.13 bits per heavy atom. The number of hydrogen-bond donors (Lipinski definition) is 2. The van der Waals surface area contributed by atoms with Gasteiger partial charge in [0, 0.05) is 31.1 Å². The van der Waals surface area contributed by atoms with Crippen molar-refractivity contribution in [1.82, 2.24) is 9.97 Å². The Hall–Kier alpha value is -3.13. The molecule has 1 amide bonds. The number of carbonyl (C=O) groups is 1. The number of anilines is 2. The topological polar surface area (TPSA) is 149 Å². The third kappa shape index (κ3) is 5.23. The van der Waals surface area contributed by atoms with Crippen molar-refractivity contribution in [2.45, 2.75) is 48.0 Å². The maximum absolute atomic E-state index is 13.4. The van der Waals surface area contributed by atoms with Crippen LogP contribution in [0.15, 0.2) is 46.4 Å². The molecule has 0 spiro atoms. The first-order valence-electron chi connectivity index (χ1n) is 12.6. The second-order valence-corrected chi connectivity index (χ2v) is 13.0. The number of ether oxygens (including phenoxy) is 1. The van der Waals surface area contributed by atoms with Gasteiger partial charge in [-0.15, -0.1) is 0 Å². The molecule has 4 heterocycles. The third-order valence-electron chi connectivity index (χ3n) is 6.83. The molecule has 1 aliphatic carbocycles. The maximum Gasteiger partial charge on any atom is 0.280 e. The minimum Gasteiger partial charge on any atom is -0.389 e. The molecule has 2 saturated heterocycles. The number of pyridine rings is 1. The summed E-state index contributed by atoms with van der Waals surface area (Å²) >= 11 is 1.26. The van der Waals surface area contributed by atoms with E-state index in [0.29, 0.717) is 53.5 Å². The van der Waals surface area contributed by atoms with Crippen molar-refractivity contribution in [3.63, 3.8) is 0 Å². The molecule has 13 heteroatoms. The monoisotopic (exact) mass is 556 g/mol. The van der Waals surface area contributed by atoms with Crippen molar-refractivity contribution < 1.29 is 22.8 Å². The smallest absolute Gasteiger partial charge is 0.280 e. The first-order chi connectivity index (χ1) is 18.4. The number of nitrogens with one attached hydrogen (secondary N) is 1. The lowest BCUT2D eigenvalue weighted by molar-refractivity contribution is -0.110. The molecule has 2 atom stereocenters. The molecule has 6 rings (SSSR count). The molecular weight excluding hydrogens is 528 g/mol. The largest absolute Gasteiger partial charge is 0.389 e. The number of benzene rings is 1. The van der Waals surface area contributed by atoms with Crippen LogP contribution in [0, 0.1) is 0 Å². The number of fused-ring (bicyclic) bond motifs is 1. The van der Waals surface area contributed by atoms with Crippen molar-refractivity contribution in [2.75, 3.05) is 36.5 Å². The van der Waals surface area contributed by atoms with E-state index in [0.717, 1.165) is 25.3 Å². The van der Waals surface area contributed by atoms with E-state index in [1.807, 2.05) is 12.1 Å². The Balaban J connectivity index is 1.24. The van der Waals surface area contributed by atoms with E-state index in [1.54, 1.807) is 12.1 Å². The number of oxime groups is 1. The first-order valence-corrected chi connectivity index (χ1v) is 15.0. The van der Waals surface area contributed by atoms with E-state index >= 15 is 0 Å². The molecule has 2 aliphatic heterocycles. The molecule has 11 nitrogen and oxygen atoms in total. The van der Waals surface area contributed by atoms with Crippen LogP contribution in [-0.2, 0) is 24.2 Å². The minimum absolute atomic E-state index is 0.0197. The first kappa shape index (κ1) is 25.2. The molecule has 3 N–H and O–H groups in total. The summed E-state index contributed by atoms with van der Waals surface area (Å²) in [5.41, 5.74) is 7.16. The van der Waals surface area contributed by atoms with Crippen molar-refractivity contribution in [1.29, 1.82) is 0 Å². The zero-order valence-electron chi connectivity index (χ0n) is 20.6. The van der Waals surface area contributed by atoms with E-state index in [9.17, 15) is 13.2 Å². The molecular formula is C25H28N6O5S2. The predicted molar refractivity (Wildman–Crippen MR) is 144 cm³/mol. The van der Waals surface area contributed by atoms with Gasteiger partial charge in [-0.3, -0.25) is 10.1 Å². The van der Waals surface area contributed by atoms with Crippen LogP contribution in [0.3, 0.4) is 0 Å². The summed E-state index contributed by atoms with van der Waals surface area (Å²) in [6.07, 6.45) is 2.71. The second-order valence-electron chi connectivity index (χ2n) is 9.76. The van der Waals surface area contributed by atoms with E-state index in [2.05, 4.69) is 20.4 Å². The number of sulfone groups is 1. The zero-order chi connectivity index (χ0) is 26.3. The highest BCUT2D eigenvalue weighted by atomic mass is 32.2. The van der Waals surface area contributed by atoms with Crippen LogP contribution in [0.1, 0.15) is 31.2 Å². The van der Waals surface area contributed by atoms with Crippen molar-refractivity contribution in [3.05, 3.63) is 42.0 Å². The van der Waals surface area contributed by atoms with E-state index in [-0.39, 0.29) is 28.0 Å². The van der Waals surface area contributed by atoms with Crippen molar-refractivity contribution in [3.8, 4) is 0 Å². The lowest BCUT2D eigenvalue weighted by Crippen LogP contribution is -2.26. The van der Waals surface area contributed by atoms with Crippen molar-refractivity contribution >= 4 is 54.1 Å². The zero-order valence-corrected chi connectivity index (χ0v) is 22.2. The molecule has 3 fully saturated rings. The fourth-order valence-corrected chi connectivity index (χ4v) is 7.00. The Morgan fingerprint density at radius 3 is 2.63 bits per heavy atom. The molecule has 1 aromatic carbocycles. The molecule has 2 aromatic heterocycles. The van der Waals surface area contributed by atoms with Crippen LogP contribution in [0.2, 0.25) is 0 Å². The number of carbonyl (C=O) groups excluding carboxylic acids is 1. The van der Waals surface area contributed by atoms with Crippen LogP contribution in [0.5, 0.6) is 0 Å². The van der Waals surface area contributed by atoms with Gasteiger partial charge in [-0.1, -0.05) is 28.6 Å². The molecule has 200 valence electrons. The molecule has 0 radical (unpaired) electrons. The molecule has 1 unspecified atom stereocenters. The fourth-order valence-electron chi connectivity index (χ4n) is 4.51. The SMILES string of the molecule is NC1CCN(c2ccc3nc(NC(=O)C(=NO[C@@H]4CCOC4)c4ccc(S(=O)(=O)C5CC5)cc4)sc3n2)C1. The highest BCUT2D eigenvalue weighted by Gasteiger charge is 2.37. The lowest BCUT2D eigenvalue weighted by Gasteiger charge is -2.16. The van der Waals surface area contributed by atoms with Gasteiger partial charge in [0.15, 0.2) is 26.8 Å². The number of nitrogens with two attached hydrogens (primary N) is 1. The molecule has 3 aromatic rings. The molecule has 38 heavy (non-hydrogen) atoms. The van der Waals surface area contributed by atoms with Crippen LogP contribution < -0.4 is 16.0 Å². The summed E-state index contributed by atoms with van der Waals surface area (Å²) in [4.78, 5) is 31.3. The summed E-state index contributed by atoms with van der Waals surface area (Å²) in [5, 5.41) is 7.02. The molecule has 3 aliphatic rings. The van der Waals surface area contributed by atoms with Gasteiger partial charge in [-0.25, -0.2) is 18.4 Å². The standard InChI is InChI=1S/C25H28N6O5S2/c26-16-9-11-31(13-16)21-8-7-20-24(28-21)37-25(27-20)29-23(32)22(30-36-17-10-12-35-14-17)15-1-3-18(4-2-15)38(33,34)19-5-6-19/h1-4,7-8,16-17,19H,5-6,9-14,26H2,(H,27,29,32)/t16?,17-/m1/s1. The minimum atomic E-state index is -3.34. The number of thiazole rings is 1. The lowest BCUT2D eigenvalue weighted by atomic mass is 10.1. The van der Waals surface area contributed by atoms with E-state index < -0.39 is 15.7 Å². The highest BCUT2D eigenvalue weighted by Crippen LogP contribution is 2.33. The average molecular weight is 557 g/mol. The highest BCUT2D eigenvalue weighted by molar-refractivity contribution is 7.92. The normalized spacial score (nSPS) is 22.2. The Bertz CT molecular complexity index is 1480. The van der Waals surface area contributed by atoms with Gasteiger partial charge in [0.25, 0.3) is 5.91 Å². The van der Waals surface area contributed by atoms with E-state index in [4.69, 9.17) is 20.3 Å². The van der Waals surface area contributed by atoms with Gasteiger partial charge in [-0.2, -0.15) is 0 Å². The van der Waals surface area contributed by atoms with Gasteiger partial charge in [-0.05, 0) is 43.5 Å². The predicted octanol–water partition coefficient (Wildman–Crippen LogP) is 2.31. The maximum atomic E-state index is 13.4. The number of rotatable bonds is 8. The van der Waals surface area contributed by atoms with Gasteiger partial charge < -0.3 is 20.2 Å². The number of nitrogens with zero attached hydrogens (tertiary/aromatic N) is 4. The van der Waals surface area contributed by atoms with Gasteiger partial charge in [0.1, 0.15) is 16.2 Å². The number of hydrogen-bond acceptors (Lipinski definition) is 11. The number of aromatic nitrogens is 2. The van der Waals surface area contributed by atoms with Crippen LogP contribution in [0.25, 0.3) is 10.3 Å². The Kier molecular flexibility index (Phi) is 6.76. The number of amides is 1. The van der Waals surface area contributed by atoms with Crippen LogP contribution >= 0.6 is 11.3 Å². The average Bonchev–Trinajstić information content (AvgIpc) is 3.28. The quantitative estimate of drug-likeness (QED) is 0.315. The van der Waals surface area contributed by atoms with E-state index in [1.165, 1.54) is 23.5 Å². The van der Waals surface area contributed by atoms with Gasteiger partial charge in [0.2, 0.25) is 0 Å². The third-order valence-corrected chi connectivity index (χ3v) is 9.98.